The van der Waals surface area contributed by atoms with Crippen molar-refractivity contribution >= 4 is 22.8 Å². The molecule has 1 amide bonds. The molecule has 1 aliphatic heterocycles. The molecule has 0 bridgehead atoms. The van der Waals surface area contributed by atoms with Crippen molar-refractivity contribution < 1.29 is 4.79 Å². The molecule has 0 aromatic heterocycles. The summed E-state index contributed by atoms with van der Waals surface area (Å²) in [6.45, 7) is 10.5. The van der Waals surface area contributed by atoms with E-state index in [1.807, 2.05) is 20.8 Å². The zero-order valence-electron chi connectivity index (χ0n) is 11.3. The van der Waals surface area contributed by atoms with Gasteiger partial charge in [0.25, 0.3) is 0 Å². The van der Waals surface area contributed by atoms with Crippen molar-refractivity contribution in [2.45, 2.75) is 46.2 Å². The lowest BCUT2D eigenvalue weighted by Crippen LogP contribution is -2.42. The number of amidine groups is 1. The minimum atomic E-state index is -0.187. The second kappa shape index (κ2) is 5.76. The first-order valence-corrected chi connectivity index (χ1v) is 7.01. The highest BCUT2D eigenvalue weighted by molar-refractivity contribution is 8.14. The summed E-state index contributed by atoms with van der Waals surface area (Å²) in [5.41, 5.74) is -0.187. The predicted molar refractivity (Wildman–Crippen MR) is 74.4 cm³/mol. The fourth-order valence-corrected chi connectivity index (χ4v) is 2.66. The van der Waals surface area contributed by atoms with Gasteiger partial charge in [-0.05, 0) is 26.7 Å². The van der Waals surface area contributed by atoms with Gasteiger partial charge in [-0.2, -0.15) is 0 Å². The van der Waals surface area contributed by atoms with Crippen molar-refractivity contribution in [2.75, 3.05) is 12.3 Å². The highest BCUT2D eigenvalue weighted by Crippen LogP contribution is 2.18. The Morgan fingerprint density at radius 3 is 2.71 bits per heavy atom. The van der Waals surface area contributed by atoms with Crippen LogP contribution in [0, 0.1) is 5.92 Å². The van der Waals surface area contributed by atoms with Crippen LogP contribution in [0.1, 0.15) is 34.6 Å². The fourth-order valence-electron chi connectivity index (χ4n) is 1.46. The molecule has 1 fully saturated rings. The van der Waals surface area contributed by atoms with E-state index in [0.29, 0.717) is 12.0 Å². The molecule has 5 heteroatoms. The Morgan fingerprint density at radius 2 is 2.24 bits per heavy atom. The lowest BCUT2D eigenvalue weighted by Gasteiger charge is -2.19. The van der Waals surface area contributed by atoms with Crippen LogP contribution in [0.25, 0.3) is 0 Å². The van der Waals surface area contributed by atoms with Gasteiger partial charge in [-0.15, -0.1) is 0 Å². The van der Waals surface area contributed by atoms with Gasteiger partial charge in [0.2, 0.25) is 5.91 Å². The first-order chi connectivity index (χ1) is 7.78. The van der Waals surface area contributed by atoms with Crippen molar-refractivity contribution in [3.8, 4) is 0 Å². The number of thioether (sulfide) groups is 1. The van der Waals surface area contributed by atoms with E-state index in [9.17, 15) is 4.79 Å². The summed E-state index contributed by atoms with van der Waals surface area (Å²) in [5, 5.41) is 7.13. The van der Waals surface area contributed by atoms with Crippen molar-refractivity contribution in [1.82, 2.24) is 10.6 Å². The summed E-state index contributed by atoms with van der Waals surface area (Å²) in [7, 11) is 0. The number of hydrogen-bond donors (Lipinski definition) is 2. The smallest absolute Gasteiger partial charge is 0.242 e. The number of rotatable bonds is 3. The Bertz CT molecular complexity index is 307. The summed E-state index contributed by atoms with van der Waals surface area (Å²) in [6, 6.07) is 0.476. The van der Waals surface area contributed by atoms with Gasteiger partial charge in [-0.25, -0.2) is 0 Å². The number of nitrogens with zero attached hydrogens (tertiary/aromatic N) is 1. The van der Waals surface area contributed by atoms with E-state index in [-0.39, 0.29) is 18.0 Å². The van der Waals surface area contributed by atoms with Crippen molar-refractivity contribution in [3.63, 3.8) is 0 Å². The molecule has 1 rings (SSSR count). The standard InChI is InChI=1S/C12H23N3OS/c1-8(2)9-7-17-11(14-9)13-6-10(16)15-12(3,4)5/h8-9H,6-7H2,1-5H3,(H,13,14)(H,15,16). The quantitative estimate of drug-likeness (QED) is 0.808. The second-order valence-corrected chi connectivity index (χ2v) is 6.73. The minimum Gasteiger partial charge on any atom is -0.361 e. The van der Waals surface area contributed by atoms with Gasteiger partial charge in [0.15, 0.2) is 5.17 Å². The molecule has 1 saturated heterocycles. The first kappa shape index (κ1) is 14.4. The summed E-state index contributed by atoms with van der Waals surface area (Å²) in [5.74, 6) is 1.61. The van der Waals surface area contributed by atoms with Crippen LogP contribution in [-0.4, -0.2) is 35.0 Å². The van der Waals surface area contributed by atoms with Crippen molar-refractivity contribution in [2.24, 2.45) is 10.9 Å². The molecule has 1 atom stereocenters. The molecule has 0 radical (unpaired) electrons. The van der Waals surface area contributed by atoms with Gasteiger partial charge in [0, 0.05) is 17.3 Å². The van der Waals surface area contributed by atoms with Gasteiger partial charge in [0.1, 0.15) is 6.54 Å². The van der Waals surface area contributed by atoms with Crippen LogP contribution in [0.2, 0.25) is 0 Å². The summed E-state index contributed by atoms with van der Waals surface area (Å²) < 4.78 is 0. The fraction of sp³-hybridized carbons (Fsp3) is 0.833. The Morgan fingerprint density at radius 1 is 1.59 bits per heavy atom. The molecule has 0 saturated carbocycles. The Balaban J connectivity index is 2.38. The molecule has 1 unspecified atom stereocenters. The molecule has 0 aromatic rings. The van der Waals surface area contributed by atoms with Crippen LogP contribution in [0.15, 0.2) is 4.99 Å². The van der Waals surface area contributed by atoms with Crippen LogP contribution in [-0.2, 0) is 4.79 Å². The van der Waals surface area contributed by atoms with Crippen LogP contribution in [0.3, 0.4) is 0 Å². The SMILES string of the molecule is CC(C)C1CSC(=NCC(=O)NC(C)(C)C)N1. The van der Waals surface area contributed by atoms with Crippen LogP contribution >= 0.6 is 11.8 Å². The third kappa shape index (κ3) is 5.44. The number of amides is 1. The van der Waals surface area contributed by atoms with Crippen LogP contribution in [0.4, 0.5) is 0 Å². The van der Waals surface area contributed by atoms with E-state index < -0.39 is 0 Å². The van der Waals surface area contributed by atoms with E-state index in [2.05, 4.69) is 29.5 Å². The normalized spacial score (nSPS) is 22.9. The third-order valence-corrected chi connectivity index (χ3v) is 3.44. The topological polar surface area (TPSA) is 53.5 Å². The minimum absolute atomic E-state index is 0.0274. The number of aliphatic imine (C=N–C) groups is 1. The zero-order chi connectivity index (χ0) is 13.1. The molecule has 1 aliphatic rings. The summed E-state index contributed by atoms with van der Waals surface area (Å²) >= 11 is 1.70. The molecular formula is C12H23N3OS. The third-order valence-electron chi connectivity index (χ3n) is 2.39. The molecule has 17 heavy (non-hydrogen) atoms. The van der Waals surface area contributed by atoms with Crippen LogP contribution in [0.5, 0.6) is 0 Å². The van der Waals surface area contributed by atoms with Gasteiger partial charge >= 0.3 is 0 Å². The monoisotopic (exact) mass is 257 g/mol. The van der Waals surface area contributed by atoms with Crippen molar-refractivity contribution in [1.29, 1.82) is 0 Å². The molecule has 1 heterocycles. The molecule has 0 aromatic carbocycles. The molecule has 0 spiro atoms. The average molecular weight is 257 g/mol. The number of carbonyl (C=O) groups is 1. The number of nitrogens with one attached hydrogen (secondary N) is 2. The molecule has 2 N–H and O–H groups in total. The Kier molecular flexibility index (Phi) is 4.86. The van der Waals surface area contributed by atoms with Gasteiger partial charge in [0.05, 0.1) is 0 Å². The maximum absolute atomic E-state index is 11.6. The molecule has 98 valence electrons. The zero-order valence-corrected chi connectivity index (χ0v) is 12.1. The Labute approximate surface area is 108 Å². The van der Waals surface area contributed by atoms with Crippen molar-refractivity contribution in [3.05, 3.63) is 0 Å². The second-order valence-electron chi connectivity index (χ2n) is 5.73. The van der Waals surface area contributed by atoms with Gasteiger partial charge in [-0.1, -0.05) is 25.6 Å². The van der Waals surface area contributed by atoms with Crippen LogP contribution < -0.4 is 10.6 Å². The largest absolute Gasteiger partial charge is 0.361 e. The maximum Gasteiger partial charge on any atom is 0.242 e. The molecule has 0 aliphatic carbocycles. The van der Waals surface area contributed by atoms with E-state index in [0.717, 1.165) is 10.9 Å². The Hall–Kier alpha value is -0.710. The van der Waals surface area contributed by atoms with E-state index in [1.54, 1.807) is 11.8 Å². The van der Waals surface area contributed by atoms with Gasteiger partial charge in [-0.3, -0.25) is 9.79 Å². The first-order valence-electron chi connectivity index (χ1n) is 6.03. The lowest BCUT2D eigenvalue weighted by atomic mass is 10.1. The molecular weight excluding hydrogens is 234 g/mol. The molecule has 4 nitrogen and oxygen atoms in total. The van der Waals surface area contributed by atoms with E-state index in [4.69, 9.17) is 0 Å². The predicted octanol–water partition coefficient (Wildman–Crippen LogP) is 1.62. The summed E-state index contributed by atoms with van der Waals surface area (Å²) in [6.07, 6.45) is 0. The van der Waals surface area contributed by atoms with Gasteiger partial charge < -0.3 is 10.6 Å². The number of carbonyl (C=O) groups excluding carboxylic acids is 1. The highest BCUT2D eigenvalue weighted by Gasteiger charge is 2.23. The van der Waals surface area contributed by atoms with E-state index >= 15 is 0 Å². The van der Waals surface area contributed by atoms with E-state index in [1.165, 1.54) is 0 Å². The average Bonchev–Trinajstić information content (AvgIpc) is 2.60. The lowest BCUT2D eigenvalue weighted by molar-refractivity contribution is -0.121. The highest BCUT2D eigenvalue weighted by atomic mass is 32.2. The maximum atomic E-state index is 11.6. The number of hydrogen-bond acceptors (Lipinski definition) is 3. The summed E-state index contributed by atoms with van der Waals surface area (Å²) in [4.78, 5) is 15.9.